The zero-order chi connectivity index (χ0) is 14.5. The minimum atomic E-state index is -0.447. The first-order valence-electron chi connectivity index (χ1n) is 6.06. The first kappa shape index (κ1) is 14.5. The van der Waals surface area contributed by atoms with Crippen molar-refractivity contribution in [1.29, 1.82) is 0 Å². The summed E-state index contributed by atoms with van der Waals surface area (Å²) >= 11 is 5.87. The lowest BCUT2D eigenvalue weighted by molar-refractivity contribution is -0.392. The molecule has 0 aliphatic heterocycles. The van der Waals surface area contributed by atoms with Crippen LogP contribution in [0.4, 0.5) is 5.82 Å². The summed E-state index contributed by atoms with van der Waals surface area (Å²) in [4.78, 5) is 14.3. The van der Waals surface area contributed by atoms with E-state index < -0.39 is 4.92 Å². The van der Waals surface area contributed by atoms with Crippen LogP contribution in [0.3, 0.4) is 0 Å². The van der Waals surface area contributed by atoms with Crippen LogP contribution in [0.5, 0.6) is 0 Å². The quantitative estimate of drug-likeness (QED) is 0.467. The molecule has 0 atom stereocenters. The summed E-state index contributed by atoms with van der Waals surface area (Å²) in [5.41, 5.74) is 0.967. The summed E-state index contributed by atoms with van der Waals surface area (Å²) in [6, 6.07) is 7.39. The molecule has 7 heteroatoms. The molecule has 0 aliphatic carbocycles. The van der Waals surface area contributed by atoms with Gasteiger partial charge in [0.15, 0.2) is 5.82 Å². The number of benzene rings is 1. The van der Waals surface area contributed by atoms with E-state index in [1.54, 1.807) is 13.0 Å². The fourth-order valence-electron chi connectivity index (χ4n) is 1.85. The van der Waals surface area contributed by atoms with E-state index in [2.05, 4.69) is 4.98 Å². The van der Waals surface area contributed by atoms with Crippen molar-refractivity contribution < 1.29 is 9.66 Å². The number of halogens is 1. The van der Waals surface area contributed by atoms with E-state index in [9.17, 15) is 10.1 Å². The number of aryl methyl sites for hydroxylation is 1. The number of ether oxygens (including phenoxy) is 1. The Hall–Kier alpha value is -1.92. The smallest absolute Gasteiger partial charge is 0.342 e. The van der Waals surface area contributed by atoms with Crippen LogP contribution >= 0.6 is 11.6 Å². The predicted octanol–water partition coefficient (Wildman–Crippen LogP) is 2.97. The van der Waals surface area contributed by atoms with Crippen LogP contribution < -0.4 is 0 Å². The van der Waals surface area contributed by atoms with Gasteiger partial charge in [-0.3, -0.25) is 0 Å². The maximum Gasteiger partial charge on any atom is 0.342 e. The van der Waals surface area contributed by atoms with Crippen LogP contribution in [0.25, 0.3) is 0 Å². The Morgan fingerprint density at radius 2 is 2.30 bits per heavy atom. The lowest BCUT2D eigenvalue weighted by atomic mass is 10.2. The van der Waals surface area contributed by atoms with Gasteiger partial charge in [0.1, 0.15) is 12.7 Å². The molecule has 0 bridgehead atoms. The maximum atomic E-state index is 10.8. The van der Waals surface area contributed by atoms with Gasteiger partial charge in [-0.15, -0.1) is 0 Å². The molecule has 0 radical (unpaired) electrons. The molecule has 0 aliphatic rings. The highest BCUT2D eigenvalue weighted by Gasteiger charge is 2.16. The molecule has 0 spiro atoms. The Morgan fingerprint density at radius 1 is 1.50 bits per heavy atom. The fourth-order valence-corrected chi connectivity index (χ4v) is 2.06. The molecule has 2 rings (SSSR count). The Morgan fingerprint density at radius 3 is 3.00 bits per heavy atom. The van der Waals surface area contributed by atoms with Crippen molar-refractivity contribution in [2.24, 2.45) is 0 Å². The summed E-state index contributed by atoms with van der Waals surface area (Å²) in [5.74, 6) is 0.580. The van der Waals surface area contributed by atoms with Gasteiger partial charge in [-0.25, -0.2) is 9.55 Å². The van der Waals surface area contributed by atoms with Crippen molar-refractivity contribution in [3.8, 4) is 0 Å². The third kappa shape index (κ3) is 3.55. The van der Waals surface area contributed by atoms with Crippen LogP contribution in [0, 0.1) is 17.0 Å². The van der Waals surface area contributed by atoms with Gasteiger partial charge in [-0.05, 0) is 22.6 Å². The van der Waals surface area contributed by atoms with E-state index in [1.807, 2.05) is 18.2 Å². The summed E-state index contributed by atoms with van der Waals surface area (Å²) in [7, 11) is 0. The van der Waals surface area contributed by atoms with E-state index in [0.29, 0.717) is 30.6 Å². The Labute approximate surface area is 121 Å². The molecule has 0 fully saturated rings. The minimum absolute atomic E-state index is 0.0196. The second kappa shape index (κ2) is 6.49. The summed E-state index contributed by atoms with van der Waals surface area (Å²) in [5, 5.41) is 11.5. The largest absolute Gasteiger partial charge is 0.373 e. The van der Waals surface area contributed by atoms with Gasteiger partial charge in [0.2, 0.25) is 0 Å². The number of nitro groups is 1. The standard InChI is InChI=1S/C13H14ClN3O3/c1-10-15-8-13(17(18)19)16(10)5-6-20-9-11-3-2-4-12(14)7-11/h2-4,7-8H,5-6,9H2,1H3. The fraction of sp³-hybridized carbons (Fsp3) is 0.308. The minimum Gasteiger partial charge on any atom is -0.373 e. The number of imidazole rings is 1. The zero-order valence-corrected chi connectivity index (χ0v) is 11.7. The molecule has 0 saturated carbocycles. The van der Waals surface area contributed by atoms with Gasteiger partial charge in [-0.2, -0.15) is 0 Å². The molecule has 1 aromatic carbocycles. The molecule has 2 aromatic rings. The Bertz CT molecular complexity index is 613. The van der Waals surface area contributed by atoms with Crippen LogP contribution in [0.2, 0.25) is 5.02 Å². The molecule has 1 aromatic heterocycles. The van der Waals surface area contributed by atoms with Crippen LogP contribution in [-0.4, -0.2) is 21.1 Å². The molecule has 1 heterocycles. The monoisotopic (exact) mass is 295 g/mol. The molecular formula is C13H14ClN3O3. The molecule has 6 nitrogen and oxygen atoms in total. The van der Waals surface area contributed by atoms with E-state index in [1.165, 1.54) is 10.8 Å². The number of nitrogens with zero attached hydrogens (tertiary/aromatic N) is 3. The van der Waals surface area contributed by atoms with Crippen LogP contribution in [-0.2, 0) is 17.9 Å². The lowest BCUT2D eigenvalue weighted by Crippen LogP contribution is -2.10. The average Bonchev–Trinajstić information content (AvgIpc) is 2.76. The molecule has 20 heavy (non-hydrogen) atoms. The summed E-state index contributed by atoms with van der Waals surface area (Å²) < 4.78 is 7.03. The van der Waals surface area contributed by atoms with E-state index in [-0.39, 0.29) is 5.82 Å². The zero-order valence-electron chi connectivity index (χ0n) is 11.0. The van der Waals surface area contributed by atoms with Crippen LogP contribution in [0.1, 0.15) is 11.4 Å². The highest BCUT2D eigenvalue weighted by Crippen LogP contribution is 2.14. The van der Waals surface area contributed by atoms with Gasteiger partial charge in [0, 0.05) is 11.9 Å². The first-order valence-corrected chi connectivity index (χ1v) is 6.44. The van der Waals surface area contributed by atoms with Crippen LogP contribution in [0.15, 0.2) is 30.5 Å². The Balaban J connectivity index is 1.87. The molecule has 0 saturated heterocycles. The molecule has 106 valence electrons. The second-order valence-electron chi connectivity index (χ2n) is 4.25. The van der Waals surface area contributed by atoms with E-state index in [0.717, 1.165) is 5.56 Å². The van der Waals surface area contributed by atoms with Crippen molar-refractivity contribution in [3.05, 3.63) is 57.0 Å². The predicted molar refractivity (Wildman–Crippen MR) is 74.7 cm³/mol. The van der Waals surface area contributed by atoms with Crippen molar-refractivity contribution in [1.82, 2.24) is 9.55 Å². The highest BCUT2D eigenvalue weighted by atomic mass is 35.5. The average molecular weight is 296 g/mol. The third-order valence-corrected chi connectivity index (χ3v) is 3.07. The normalized spacial score (nSPS) is 10.7. The maximum absolute atomic E-state index is 10.8. The number of hydrogen-bond acceptors (Lipinski definition) is 4. The summed E-state index contributed by atoms with van der Waals surface area (Å²) in [6.45, 7) is 2.90. The third-order valence-electron chi connectivity index (χ3n) is 2.84. The Kier molecular flexibility index (Phi) is 4.70. The molecular weight excluding hydrogens is 282 g/mol. The topological polar surface area (TPSA) is 70.2 Å². The van der Waals surface area contributed by atoms with E-state index in [4.69, 9.17) is 16.3 Å². The number of rotatable bonds is 6. The second-order valence-corrected chi connectivity index (χ2v) is 4.69. The van der Waals surface area contributed by atoms with E-state index >= 15 is 0 Å². The van der Waals surface area contributed by atoms with Gasteiger partial charge < -0.3 is 14.9 Å². The van der Waals surface area contributed by atoms with Gasteiger partial charge in [0.25, 0.3) is 0 Å². The van der Waals surface area contributed by atoms with Gasteiger partial charge in [0.05, 0.1) is 13.2 Å². The first-order chi connectivity index (χ1) is 9.58. The molecule has 0 N–H and O–H groups in total. The van der Waals surface area contributed by atoms with Gasteiger partial charge >= 0.3 is 5.82 Å². The molecule has 0 amide bonds. The lowest BCUT2D eigenvalue weighted by Gasteiger charge is -2.05. The van der Waals surface area contributed by atoms with Crippen molar-refractivity contribution in [2.45, 2.75) is 20.1 Å². The van der Waals surface area contributed by atoms with Crippen molar-refractivity contribution >= 4 is 17.4 Å². The van der Waals surface area contributed by atoms with Crippen molar-refractivity contribution in [2.75, 3.05) is 6.61 Å². The van der Waals surface area contributed by atoms with Crippen molar-refractivity contribution in [3.63, 3.8) is 0 Å². The molecule has 0 unspecified atom stereocenters. The highest BCUT2D eigenvalue weighted by molar-refractivity contribution is 6.30. The van der Waals surface area contributed by atoms with Gasteiger partial charge in [-0.1, -0.05) is 23.7 Å². The number of aromatic nitrogens is 2. The number of hydrogen-bond donors (Lipinski definition) is 0. The summed E-state index contributed by atoms with van der Waals surface area (Å²) in [6.07, 6.45) is 1.26. The SMILES string of the molecule is Cc1ncc([N+](=O)[O-])n1CCOCc1cccc(Cl)c1.